The van der Waals surface area contributed by atoms with Gasteiger partial charge in [0.2, 0.25) is 5.91 Å². The van der Waals surface area contributed by atoms with E-state index in [1.165, 1.54) is 17.0 Å². The molecule has 1 amide bonds. The molecule has 0 bridgehead atoms. The quantitative estimate of drug-likeness (QED) is 0.367. The smallest absolute Gasteiger partial charge is 0.269 e. The average Bonchev–Trinajstić information content (AvgIpc) is 2.56. The van der Waals surface area contributed by atoms with Crippen molar-refractivity contribution in [2.24, 2.45) is 5.92 Å². The number of nitro groups is 1. The first-order valence-electron chi connectivity index (χ1n) is 7.59. The van der Waals surface area contributed by atoms with Crippen LogP contribution in [-0.2, 0) is 10.2 Å². The first kappa shape index (κ1) is 16.3. The Balaban J connectivity index is 2.00. The molecule has 1 heterocycles. The number of β-lactam (4-membered cyclic amide) rings is 1. The van der Waals surface area contributed by atoms with E-state index in [1.54, 1.807) is 12.1 Å². The molecule has 1 fully saturated rings. The zero-order valence-corrected chi connectivity index (χ0v) is 14.1. The summed E-state index contributed by atoms with van der Waals surface area (Å²) in [5, 5.41) is 10.8. The Kier molecular flexibility index (Phi) is 3.93. The summed E-state index contributed by atoms with van der Waals surface area (Å²) >= 11 is 5.61. The summed E-state index contributed by atoms with van der Waals surface area (Å²) in [5.41, 5.74) is 0.602. The van der Waals surface area contributed by atoms with Crippen LogP contribution in [-0.4, -0.2) is 15.8 Å². The van der Waals surface area contributed by atoms with Crippen LogP contribution in [0.2, 0.25) is 0 Å². The van der Waals surface area contributed by atoms with Crippen LogP contribution in [0.15, 0.2) is 54.6 Å². The van der Waals surface area contributed by atoms with E-state index >= 15 is 0 Å². The molecule has 6 heteroatoms. The van der Waals surface area contributed by atoms with Crippen molar-refractivity contribution < 1.29 is 9.72 Å². The number of benzene rings is 2. The highest BCUT2D eigenvalue weighted by molar-refractivity contribution is 7.81. The van der Waals surface area contributed by atoms with Crippen LogP contribution in [0.1, 0.15) is 19.4 Å². The number of hydrogen-bond acceptors (Lipinski definition) is 4. The van der Waals surface area contributed by atoms with Gasteiger partial charge in [0, 0.05) is 17.8 Å². The molecular weight excluding hydrogens is 324 g/mol. The molecule has 24 heavy (non-hydrogen) atoms. The van der Waals surface area contributed by atoms with Gasteiger partial charge in [-0.3, -0.25) is 19.8 Å². The minimum Gasteiger partial charge on any atom is -0.273 e. The molecule has 0 aromatic heterocycles. The van der Waals surface area contributed by atoms with Crippen molar-refractivity contribution in [1.82, 2.24) is 0 Å². The summed E-state index contributed by atoms with van der Waals surface area (Å²) in [6.07, 6.45) is 0. The SMILES string of the molecule is CC(C)[C@@]1(c2ccccc2)C(=O)N(c2ccc([N+](=O)[O-])cc2)C1=S. The third kappa shape index (κ3) is 2.14. The largest absolute Gasteiger partial charge is 0.273 e. The van der Waals surface area contributed by atoms with Gasteiger partial charge >= 0.3 is 0 Å². The Morgan fingerprint density at radius 1 is 1.08 bits per heavy atom. The number of carbonyl (C=O) groups is 1. The number of thiocarbonyl (C=S) groups is 1. The van der Waals surface area contributed by atoms with Crippen molar-refractivity contribution in [3.8, 4) is 0 Å². The molecular formula is C18H16N2O3S. The van der Waals surface area contributed by atoms with E-state index in [1.807, 2.05) is 44.2 Å². The van der Waals surface area contributed by atoms with Crippen LogP contribution >= 0.6 is 12.2 Å². The zero-order valence-electron chi connectivity index (χ0n) is 13.3. The van der Waals surface area contributed by atoms with Crippen LogP contribution in [0.5, 0.6) is 0 Å². The lowest BCUT2D eigenvalue weighted by Crippen LogP contribution is -2.70. The molecule has 0 aliphatic carbocycles. The molecule has 0 spiro atoms. The third-order valence-electron chi connectivity index (χ3n) is 4.49. The molecule has 122 valence electrons. The molecule has 0 radical (unpaired) electrons. The van der Waals surface area contributed by atoms with Gasteiger partial charge in [0.1, 0.15) is 10.4 Å². The van der Waals surface area contributed by atoms with Crippen molar-refractivity contribution in [2.75, 3.05) is 4.90 Å². The molecule has 5 nitrogen and oxygen atoms in total. The number of non-ortho nitro benzene ring substituents is 1. The highest BCUT2D eigenvalue weighted by atomic mass is 32.1. The number of amides is 1. The maximum absolute atomic E-state index is 13.1. The van der Waals surface area contributed by atoms with Crippen LogP contribution < -0.4 is 4.90 Å². The summed E-state index contributed by atoms with van der Waals surface area (Å²) in [7, 11) is 0. The van der Waals surface area contributed by atoms with Crippen molar-refractivity contribution in [1.29, 1.82) is 0 Å². The van der Waals surface area contributed by atoms with Gasteiger partial charge in [-0.15, -0.1) is 0 Å². The first-order valence-corrected chi connectivity index (χ1v) is 8.00. The number of carbonyl (C=O) groups excluding carboxylic acids is 1. The number of hydrogen-bond donors (Lipinski definition) is 0. The fourth-order valence-corrected chi connectivity index (χ4v) is 3.85. The van der Waals surface area contributed by atoms with Gasteiger partial charge < -0.3 is 0 Å². The van der Waals surface area contributed by atoms with E-state index in [4.69, 9.17) is 12.2 Å². The van der Waals surface area contributed by atoms with Gasteiger partial charge in [-0.05, 0) is 23.6 Å². The van der Waals surface area contributed by atoms with Gasteiger partial charge in [-0.1, -0.05) is 56.4 Å². The number of rotatable bonds is 4. The fourth-order valence-electron chi connectivity index (χ4n) is 3.22. The first-order chi connectivity index (χ1) is 11.4. The highest BCUT2D eigenvalue weighted by Crippen LogP contribution is 2.46. The van der Waals surface area contributed by atoms with Crippen LogP contribution in [0.4, 0.5) is 11.4 Å². The molecule has 2 aromatic carbocycles. The van der Waals surface area contributed by atoms with Crippen molar-refractivity contribution in [3.05, 3.63) is 70.3 Å². The Hall–Kier alpha value is -2.60. The van der Waals surface area contributed by atoms with Gasteiger partial charge in [0.25, 0.3) is 5.69 Å². The monoisotopic (exact) mass is 340 g/mol. The van der Waals surface area contributed by atoms with E-state index in [0.717, 1.165) is 5.56 Å². The maximum Gasteiger partial charge on any atom is 0.269 e. The molecule has 1 saturated heterocycles. The number of anilines is 1. The van der Waals surface area contributed by atoms with Gasteiger partial charge in [-0.2, -0.15) is 0 Å². The molecule has 1 aliphatic heterocycles. The lowest BCUT2D eigenvalue weighted by molar-refractivity contribution is -0.384. The number of nitro benzene ring substituents is 1. The highest BCUT2D eigenvalue weighted by Gasteiger charge is 2.60. The lowest BCUT2D eigenvalue weighted by atomic mass is 9.65. The average molecular weight is 340 g/mol. The van der Waals surface area contributed by atoms with Gasteiger partial charge in [-0.25, -0.2) is 0 Å². The zero-order chi connectivity index (χ0) is 17.5. The second kappa shape index (κ2) is 5.79. The Morgan fingerprint density at radius 2 is 1.67 bits per heavy atom. The normalized spacial score (nSPS) is 20.2. The Labute approximate surface area is 145 Å². The summed E-state index contributed by atoms with van der Waals surface area (Å²) in [5.74, 6) is -0.0863. The summed E-state index contributed by atoms with van der Waals surface area (Å²) in [4.78, 5) is 25.4. The molecule has 1 aliphatic rings. The molecule has 0 unspecified atom stereocenters. The lowest BCUT2D eigenvalue weighted by Gasteiger charge is -2.51. The van der Waals surface area contributed by atoms with E-state index < -0.39 is 10.3 Å². The van der Waals surface area contributed by atoms with Crippen molar-refractivity contribution in [2.45, 2.75) is 19.3 Å². The standard InChI is InChI=1S/C18H16N2O3S/c1-12(2)18(13-6-4-3-5-7-13)16(21)19(17(18)24)14-8-10-15(11-9-14)20(22)23/h3-12H,1-2H3/t18-/m1/s1. The van der Waals surface area contributed by atoms with E-state index in [-0.39, 0.29) is 17.5 Å². The Bertz CT molecular complexity index is 800. The van der Waals surface area contributed by atoms with Crippen LogP contribution in [0.3, 0.4) is 0 Å². The van der Waals surface area contributed by atoms with Crippen LogP contribution in [0, 0.1) is 16.0 Å². The predicted octanol–water partition coefficient (Wildman–Crippen LogP) is 3.86. The minimum atomic E-state index is -0.821. The van der Waals surface area contributed by atoms with Crippen molar-refractivity contribution >= 4 is 34.5 Å². The second-order valence-corrected chi connectivity index (χ2v) is 6.43. The van der Waals surface area contributed by atoms with E-state index in [2.05, 4.69) is 0 Å². The predicted molar refractivity (Wildman–Crippen MR) is 96.1 cm³/mol. The van der Waals surface area contributed by atoms with Gasteiger partial charge in [0.05, 0.1) is 4.92 Å². The molecule has 0 saturated carbocycles. The fraction of sp³-hybridized carbons (Fsp3) is 0.222. The van der Waals surface area contributed by atoms with E-state index in [0.29, 0.717) is 10.7 Å². The second-order valence-electron chi connectivity index (χ2n) is 6.05. The molecule has 2 aromatic rings. The summed E-state index contributed by atoms with van der Waals surface area (Å²) < 4.78 is 0. The maximum atomic E-state index is 13.1. The molecule has 3 rings (SSSR count). The number of nitrogens with zero attached hydrogens (tertiary/aromatic N) is 2. The van der Waals surface area contributed by atoms with E-state index in [9.17, 15) is 14.9 Å². The Morgan fingerprint density at radius 3 is 2.12 bits per heavy atom. The summed E-state index contributed by atoms with van der Waals surface area (Å²) in [6.45, 7) is 3.95. The molecule has 1 atom stereocenters. The minimum absolute atomic E-state index is 0.00852. The summed E-state index contributed by atoms with van der Waals surface area (Å²) in [6, 6.07) is 15.4. The topological polar surface area (TPSA) is 63.5 Å². The van der Waals surface area contributed by atoms with Crippen LogP contribution in [0.25, 0.3) is 0 Å². The molecule has 0 N–H and O–H groups in total. The van der Waals surface area contributed by atoms with Gasteiger partial charge in [0.15, 0.2) is 0 Å². The van der Waals surface area contributed by atoms with Crippen molar-refractivity contribution in [3.63, 3.8) is 0 Å². The third-order valence-corrected chi connectivity index (χ3v) is 5.00.